The maximum absolute atomic E-state index is 13.4. The SMILES string of the molecule is C=C1[C@H](O[C@@H]2CCC(C)=C2I)C[C@@]2(NC)[C@](C)(C(=O)O)C=CC(=O)[C@]2(C)[C@H]1CC(=O)OC. The standard InChI is InChI=1S/C24H32INO6/c1-13-7-8-16(20(13)25)32-17-12-24(26-5)22(3,21(29)30)10-9-18(27)23(24,4)15(14(17)2)11-19(28)31-6/h9-10,15-17,26H,2,7-8,11-12H2,1,3-6H3,(H,29,30)/t15-,16+,17+,22-,23-,24+/m0/s1. The fourth-order valence-electron chi connectivity index (χ4n) is 6.00. The molecule has 0 saturated heterocycles. The van der Waals surface area contributed by atoms with Crippen LogP contribution in [0.4, 0.5) is 0 Å². The topological polar surface area (TPSA) is 102 Å². The third-order valence-corrected chi connectivity index (χ3v) is 9.79. The summed E-state index contributed by atoms with van der Waals surface area (Å²) in [4.78, 5) is 38.4. The molecule has 0 radical (unpaired) electrons. The summed E-state index contributed by atoms with van der Waals surface area (Å²) in [6, 6.07) is 0. The Morgan fingerprint density at radius 3 is 2.50 bits per heavy atom. The maximum Gasteiger partial charge on any atom is 0.315 e. The van der Waals surface area contributed by atoms with E-state index < -0.39 is 40.3 Å². The van der Waals surface area contributed by atoms with E-state index in [4.69, 9.17) is 9.47 Å². The number of halogens is 1. The van der Waals surface area contributed by atoms with Crippen molar-refractivity contribution < 1.29 is 29.0 Å². The Kier molecular flexibility index (Phi) is 6.81. The molecule has 0 aromatic heterocycles. The molecule has 1 saturated carbocycles. The first-order valence-corrected chi connectivity index (χ1v) is 11.9. The molecule has 3 aliphatic carbocycles. The van der Waals surface area contributed by atoms with E-state index in [0.717, 1.165) is 16.4 Å². The third kappa shape index (κ3) is 3.40. The summed E-state index contributed by atoms with van der Waals surface area (Å²) in [5, 5.41) is 13.5. The Morgan fingerprint density at radius 2 is 2.00 bits per heavy atom. The lowest BCUT2D eigenvalue weighted by Crippen LogP contribution is -2.76. The summed E-state index contributed by atoms with van der Waals surface area (Å²) < 4.78 is 12.6. The van der Waals surface area contributed by atoms with Crippen molar-refractivity contribution in [3.63, 3.8) is 0 Å². The van der Waals surface area contributed by atoms with Crippen LogP contribution in [-0.4, -0.2) is 54.7 Å². The van der Waals surface area contributed by atoms with Crippen molar-refractivity contribution in [1.82, 2.24) is 5.32 Å². The molecule has 32 heavy (non-hydrogen) atoms. The molecule has 0 aliphatic heterocycles. The highest BCUT2D eigenvalue weighted by Gasteiger charge is 2.71. The van der Waals surface area contributed by atoms with Crippen molar-refractivity contribution in [1.29, 1.82) is 0 Å². The third-order valence-electron chi connectivity index (χ3n) is 8.17. The van der Waals surface area contributed by atoms with Crippen molar-refractivity contribution >= 4 is 40.3 Å². The normalized spacial score (nSPS) is 39.2. The lowest BCUT2D eigenvalue weighted by atomic mass is 9.43. The van der Waals surface area contributed by atoms with Crippen LogP contribution in [0.1, 0.15) is 46.5 Å². The predicted octanol–water partition coefficient (Wildman–Crippen LogP) is 3.58. The van der Waals surface area contributed by atoms with Crippen molar-refractivity contribution in [3.05, 3.63) is 33.5 Å². The lowest BCUT2D eigenvalue weighted by Gasteiger charge is -2.63. The highest BCUT2D eigenvalue weighted by atomic mass is 127. The number of carboxylic acid groups (broad SMARTS) is 1. The van der Waals surface area contributed by atoms with Crippen molar-refractivity contribution in [2.75, 3.05) is 14.2 Å². The van der Waals surface area contributed by atoms with Crippen LogP contribution in [0.3, 0.4) is 0 Å². The molecule has 3 rings (SSSR count). The molecule has 6 atom stereocenters. The minimum absolute atomic E-state index is 0.0823. The van der Waals surface area contributed by atoms with Gasteiger partial charge in [-0.3, -0.25) is 14.4 Å². The predicted molar refractivity (Wildman–Crippen MR) is 128 cm³/mol. The Labute approximate surface area is 202 Å². The number of carbonyl (C=O) groups excluding carboxylic acids is 2. The molecule has 0 heterocycles. The summed E-state index contributed by atoms with van der Waals surface area (Å²) in [5.41, 5.74) is -1.93. The van der Waals surface area contributed by atoms with Gasteiger partial charge in [0.15, 0.2) is 5.78 Å². The Bertz CT molecular complexity index is 925. The average Bonchev–Trinajstić information content (AvgIpc) is 3.07. The van der Waals surface area contributed by atoms with Crippen molar-refractivity contribution in [2.45, 2.75) is 64.2 Å². The van der Waals surface area contributed by atoms with E-state index in [1.807, 2.05) is 0 Å². The van der Waals surface area contributed by atoms with Crippen LogP contribution in [0.2, 0.25) is 0 Å². The number of ether oxygens (including phenoxy) is 2. The molecule has 2 N–H and O–H groups in total. The molecule has 0 unspecified atom stereocenters. The second-order valence-corrected chi connectivity index (χ2v) is 10.6. The number of rotatable bonds is 6. The van der Waals surface area contributed by atoms with Gasteiger partial charge in [0.2, 0.25) is 0 Å². The zero-order valence-electron chi connectivity index (χ0n) is 19.3. The number of ketones is 1. The fourth-order valence-corrected chi connectivity index (χ4v) is 6.72. The fraction of sp³-hybridized carbons (Fsp3) is 0.625. The molecular weight excluding hydrogens is 525 g/mol. The van der Waals surface area contributed by atoms with Gasteiger partial charge in [0.05, 0.1) is 36.7 Å². The molecule has 176 valence electrons. The number of methoxy groups -OCH3 is 1. The molecule has 0 aromatic rings. The highest BCUT2D eigenvalue weighted by Crippen LogP contribution is 2.61. The zero-order chi connectivity index (χ0) is 24.1. The first kappa shape index (κ1) is 25.1. The van der Waals surface area contributed by atoms with E-state index in [9.17, 15) is 19.5 Å². The molecule has 0 amide bonds. The molecular formula is C24H32INO6. The quantitative estimate of drug-likeness (QED) is 0.293. The van der Waals surface area contributed by atoms with Crippen LogP contribution in [0, 0.1) is 16.7 Å². The number of allylic oxidation sites excluding steroid dienone is 2. The first-order valence-electron chi connectivity index (χ1n) is 10.8. The van der Waals surface area contributed by atoms with Gasteiger partial charge in [-0.2, -0.15) is 0 Å². The molecule has 0 bridgehead atoms. The lowest BCUT2D eigenvalue weighted by molar-refractivity contribution is -0.171. The number of carboxylic acids is 1. The molecule has 3 aliphatic rings. The van der Waals surface area contributed by atoms with E-state index >= 15 is 0 Å². The van der Waals surface area contributed by atoms with Crippen molar-refractivity contribution in [2.24, 2.45) is 16.7 Å². The smallest absolute Gasteiger partial charge is 0.315 e. The van der Waals surface area contributed by atoms with Crippen molar-refractivity contribution in [3.8, 4) is 0 Å². The summed E-state index contributed by atoms with van der Waals surface area (Å²) >= 11 is 2.30. The largest absolute Gasteiger partial charge is 0.481 e. The van der Waals surface area contributed by atoms with Crippen LogP contribution in [0.25, 0.3) is 0 Å². The van der Waals surface area contributed by atoms with Gasteiger partial charge in [0.25, 0.3) is 0 Å². The highest BCUT2D eigenvalue weighted by molar-refractivity contribution is 14.1. The number of aliphatic carboxylic acids is 1. The Balaban J connectivity index is 2.17. The van der Waals surface area contributed by atoms with E-state index in [1.54, 1.807) is 20.9 Å². The van der Waals surface area contributed by atoms with Crippen LogP contribution in [0.5, 0.6) is 0 Å². The molecule has 1 fully saturated rings. The van der Waals surface area contributed by atoms with E-state index in [1.165, 1.54) is 24.8 Å². The second kappa shape index (κ2) is 8.68. The number of hydrogen-bond donors (Lipinski definition) is 2. The summed E-state index contributed by atoms with van der Waals surface area (Å²) in [6.45, 7) is 9.73. The minimum atomic E-state index is -1.41. The minimum Gasteiger partial charge on any atom is -0.481 e. The van der Waals surface area contributed by atoms with Crippen LogP contribution >= 0.6 is 22.6 Å². The first-order chi connectivity index (χ1) is 14.9. The number of esters is 1. The number of fused-ring (bicyclic) bond motifs is 1. The van der Waals surface area contributed by atoms with Gasteiger partial charge in [0, 0.05) is 9.50 Å². The van der Waals surface area contributed by atoms with Crippen LogP contribution in [0.15, 0.2) is 33.5 Å². The van der Waals surface area contributed by atoms with Gasteiger partial charge in [-0.15, -0.1) is 0 Å². The monoisotopic (exact) mass is 557 g/mol. The Hall–Kier alpha value is -1.52. The van der Waals surface area contributed by atoms with Gasteiger partial charge in [-0.05, 0) is 81.3 Å². The molecule has 7 nitrogen and oxygen atoms in total. The molecule has 8 heteroatoms. The van der Waals surface area contributed by atoms with E-state index in [0.29, 0.717) is 5.57 Å². The summed E-state index contributed by atoms with van der Waals surface area (Å²) in [6.07, 6.45) is 4.12. The maximum atomic E-state index is 13.4. The summed E-state index contributed by atoms with van der Waals surface area (Å²) in [7, 11) is 2.98. The van der Waals surface area contributed by atoms with Crippen LogP contribution < -0.4 is 5.32 Å². The number of nitrogens with one attached hydrogen (secondary N) is 1. The van der Waals surface area contributed by atoms with Gasteiger partial charge >= 0.3 is 11.9 Å². The summed E-state index contributed by atoms with van der Waals surface area (Å²) in [5.74, 6) is -2.41. The number of hydrogen-bond acceptors (Lipinski definition) is 6. The van der Waals surface area contributed by atoms with E-state index in [-0.39, 0.29) is 24.7 Å². The van der Waals surface area contributed by atoms with Gasteiger partial charge in [-0.1, -0.05) is 18.2 Å². The van der Waals surface area contributed by atoms with Gasteiger partial charge in [0.1, 0.15) is 5.41 Å². The molecule has 0 aromatic carbocycles. The zero-order valence-corrected chi connectivity index (χ0v) is 21.4. The van der Waals surface area contributed by atoms with Gasteiger partial charge in [-0.25, -0.2) is 0 Å². The Morgan fingerprint density at radius 1 is 1.34 bits per heavy atom. The van der Waals surface area contributed by atoms with Crippen LogP contribution in [-0.2, 0) is 23.9 Å². The number of carbonyl (C=O) groups is 3. The average molecular weight is 557 g/mol. The second-order valence-electron chi connectivity index (χ2n) is 9.45. The molecule has 0 spiro atoms. The van der Waals surface area contributed by atoms with E-state index in [2.05, 4.69) is 41.4 Å². The van der Waals surface area contributed by atoms with Gasteiger partial charge < -0.3 is 19.9 Å².